The van der Waals surface area contributed by atoms with E-state index in [4.69, 9.17) is 19.2 Å². The van der Waals surface area contributed by atoms with Gasteiger partial charge in [-0.05, 0) is 24.5 Å². The van der Waals surface area contributed by atoms with Crippen molar-refractivity contribution in [2.75, 3.05) is 6.61 Å². The second kappa shape index (κ2) is 9.14. The van der Waals surface area contributed by atoms with Gasteiger partial charge >= 0.3 is 5.97 Å². The van der Waals surface area contributed by atoms with Crippen LogP contribution in [0, 0.1) is 17.8 Å². The van der Waals surface area contributed by atoms with E-state index in [9.17, 15) is 30.3 Å². The van der Waals surface area contributed by atoms with Gasteiger partial charge in [-0.3, -0.25) is 4.79 Å². The van der Waals surface area contributed by atoms with E-state index in [1.165, 1.54) is 0 Å². The highest BCUT2D eigenvalue weighted by Crippen LogP contribution is 2.50. The Morgan fingerprint density at radius 2 is 1.92 bits per heavy atom. The number of carbonyl (C=O) groups is 1. The number of aromatic nitrogens is 2. The molecule has 10 unspecified atom stereocenters. The minimum atomic E-state index is -1.62. The van der Waals surface area contributed by atoms with Crippen LogP contribution in [0.15, 0.2) is 49.2 Å². The molecule has 2 saturated heterocycles. The SMILES string of the molecule is C=CC1C(OC2OC(CO)C(O)C(O)C2O)OC2C(C(=O)O)C1Cc1c3nc4ccccc4c-3ccn12. The van der Waals surface area contributed by atoms with Gasteiger partial charge in [0.15, 0.2) is 18.8 Å². The van der Waals surface area contributed by atoms with E-state index in [1.807, 2.05) is 30.3 Å². The third-order valence-electron chi connectivity index (χ3n) is 7.90. The molecule has 0 amide bonds. The molecule has 2 fully saturated rings. The Kier molecular flexibility index (Phi) is 6.03. The highest BCUT2D eigenvalue weighted by Gasteiger charge is 2.54. The number of fused-ring (bicyclic) bond motifs is 8. The monoisotopic (exact) mass is 512 g/mol. The molecule has 11 nitrogen and oxygen atoms in total. The Morgan fingerprint density at radius 3 is 2.65 bits per heavy atom. The summed E-state index contributed by atoms with van der Waals surface area (Å²) in [7, 11) is 0. The van der Waals surface area contributed by atoms with Gasteiger partial charge in [0.2, 0.25) is 0 Å². The van der Waals surface area contributed by atoms with Gasteiger partial charge in [0, 0.05) is 28.8 Å². The molecule has 0 spiro atoms. The molecule has 5 aliphatic rings. The number of benzene rings is 1. The fraction of sp³-hybridized carbons (Fsp3) is 0.462. The maximum absolute atomic E-state index is 12.4. The molecule has 37 heavy (non-hydrogen) atoms. The minimum Gasteiger partial charge on any atom is -0.481 e. The van der Waals surface area contributed by atoms with Gasteiger partial charge < -0.3 is 44.3 Å². The molecule has 0 aromatic heterocycles. The number of hydrogen-bond acceptors (Lipinski definition) is 9. The summed E-state index contributed by atoms with van der Waals surface area (Å²) < 4.78 is 19.4. The predicted molar refractivity (Wildman–Crippen MR) is 127 cm³/mol. The summed E-state index contributed by atoms with van der Waals surface area (Å²) in [5.74, 6) is -3.02. The Balaban J connectivity index is 1.38. The summed E-state index contributed by atoms with van der Waals surface area (Å²) >= 11 is 0. The number of carboxylic acids is 1. The summed E-state index contributed by atoms with van der Waals surface area (Å²) in [6.07, 6.45) is -5.65. The molecule has 11 heteroatoms. The summed E-state index contributed by atoms with van der Waals surface area (Å²) in [5, 5.41) is 51.4. The lowest BCUT2D eigenvalue weighted by atomic mass is 9.72. The van der Waals surface area contributed by atoms with Gasteiger partial charge in [0.1, 0.15) is 30.3 Å². The quantitative estimate of drug-likeness (QED) is 0.304. The molecule has 0 saturated carbocycles. The molecule has 1 aromatic rings. The molecular formula is C26H28N2O9. The van der Waals surface area contributed by atoms with Crippen LogP contribution in [0.4, 0.5) is 0 Å². The number of nitrogens with zero attached hydrogens (tertiary/aromatic N) is 2. The van der Waals surface area contributed by atoms with Crippen molar-refractivity contribution in [1.82, 2.24) is 9.55 Å². The van der Waals surface area contributed by atoms with Crippen molar-refractivity contribution >= 4 is 16.9 Å². The standard InChI is InChI=1S/C26H28N2O9/c1-2-11-14-9-16-19-13(12-5-3-4-6-15(12)27-19)7-8-28(16)23(18(14)24(33)34)36-25(11)37-26-22(32)21(31)20(30)17(10-29)35-26/h2-8,11,14,17-18,20-23,25-26,29-32H,1,9-10H2,(H,33,34). The van der Waals surface area contributed by atoms with Gasteiger partial charge in [-0.1, -0.05) is 24.3 Å². The van der Waals surface area contributed by atoms with Crippen LogP contribution in [0.1, 0.15) is 11.9 Å². The first-order chi connectivity index (χ1) is 17.8. The molecule has 2 bridgehead atoms. The largest absolute Gasteiger partial charge is 0.481 e. The van der Waals surface area contributed by atoms with Crippen molar-refractivity contribution in [3.05, 3.63) is 54.9 Å². The number of rotatable bonds is 5. The minimum absolute atomic E-state index is 0.364. The highest BCUT2D eigenvalue weighted by atomic mass is 16.8. The fourth-order valence-electron chi connectivity index (χ4n) is 6.02. The first-order valence-corrected chi connectivity index (χ1v) is 12.2. The van der Waals surface area contributed by atoms with E-state index in [1.54, 1.807) is 16.8 Å². The number of hydrogen-bond donors (Lipinski definition) is 5. The van der Waals surface area contributed by atoms with Gasteiger partial charge in [-0.2, -0.15) is 0 Å². The van der Waals surface area contributed by atoms with E-state index in [0.717, 1.165) is 27.9 Å². The van der Waals surface area contributed by atoms with Crippen LogP contribution in [0.25, 0.3) is 22.2 Å². The number of carboxylic acid groups (broad SMARTS) is 1. The number of ether oxygens (including phenoxy) is 3. The molecule has 1 aromatic carbocycles. The molecule has 5 N–H and O–H groups in total. The number of aliphatic hydroxyl groups is 4. The van der Waals surface area contributed by atoms with E-state index in [-0.39, 0.29) is 0 Å². The predicted octanol–water partition coefficient (Wildman–Crippen LogP) is 0.488. The first-order valence-electron chi connectivity index (χ1n) is 12.2. The van der Waals surface area contributed by atoms with Crippen molar-refractivity contribution in [3.8, 4) is 11.3 Å². The van der Waals surface area contributed by atoms with Crippen molar-refractivity contribution in [2.45, 2.75) is 49.6 Å². The van der Waals surface area contributed by atoms with Gasteiger partial charge in [-0.25, -0.2) is 4.98 Å². The van der Waals surface area contributed by atoms with Crippen LogP contribution < -0.4 is 0 Å². The third-order valence-corrected chi connectivity index (χ3v) is 7.90. The summed E-state index contributed by atoms with van der Waals surface area (Å²) in [6.45, 7) is 3.29. The molecule has 0 radical (unpaired) electrons. The molecule has 0 aliphatic carbocycles. The van der Waals surface area contributed by atoms with Gasteiger partial charge in [0.05, 0.1) is 17.8 Å². The second-order valence-electron chi connectivity index (χ2n) is 9.83. The zero-order valence-corrected chi connectivity index (χ0v) is 19.7. The average molecular weight is 513 g/mol. The molecule has 196 valence electrons. The van der Waals surface area contributed by atoms with Crippen molar-refractivity contribution in [3.63, 3.8) is 0 Å². The number of pyridine rings is 1. The summed E-state index contributed by atoms with van der Waals surface area (Å²) in [4.78, 5) is 17.2. The Labute approximate surface area is 211 Å². The smallest absolute Gasteiger partial charge is 0.311 e. The zero-order chi connectivity index (χ0) is 26.0. The van der Waals surface area contributed by atoms with Crippen LogP contribution >= 0.6 is 0 Å². The van der Waals surface area contributed by atoms with Gasteiger partial charge in [0.25, 0.3) is 0 Å². The highest BCUT2D eigenvalue weighted by molar-refractivity contribution is 5.97. The third kappa shape index (κ3) is 3.69. The topological polar surface area (TPSA) is 164 Å². The number of aliphatic carboxylic acids is 1. The van der Waals surface area contributed by atoms with Crippen LogP contribution in [-0.4, -0.2) is 84.7 Å². The Hall–Kier alpha value is -2.90. The second-order valence-corrected chi connectivity index (χ2v) is 9.83. The van der Waals surface area contributed by atoms with Crippen LogP contribution in [-0.2, 0) is 25.4 Å². The van der Waals surface area contributed by atoms with Crippen LogP contribution in [0.2, 0.25) is 0 Å². The van der Waals surface area contributed by atoms with Crippen LogP contribution in [0.3, 0.4) is 0 Å². The maximum Gasteiger partial charge on any atom is 0.311 e. The average Bonchev–Trinajstić information content (AvgIpc) is 3.28. The number of para-hydroxylation sites is 1. The van der Waals surface area contributed by atoms with E-state index in [0.29, 0.717) is 6.42 Å². The Morgan fingerprint density at radius 1 is 1.14 bits per heavy atom. The van der Waals surface area contributed by atoms with E-state index < -0.39 is 73.6 Å². The van der Waals surface area contributed by atoms with Crippen molar-refractivity contribution in [1.29, 1.82) is 0 Å². The van der Waals surface area contributed by atoms with Crippen LogP contribution in [0.5, 0.6) is 0 Å². The molecule has 5 aliphatic heterocycles. The van der Waals surface area contributed by atoms with E-state index in [2.05, 4.69) is 6.58 Å². The lowest BCUT2D eigenvalue weighted by Crippen LogP contribution is -2.61. The normalized spacial score (nSPS) is 37.4. The van der Waals surface area contributed by atoms with Crippen molar-refractivity contribution in [2.24, 2.45) is 17.8 Å². The van der Waals surface area contributed by atoms with E-state index >= 15 is 0 Å². The summed E-state index contributed by atoms with van der Waals surface area (Å²) in [6, 6.07) is 9.69. The first kappa shape index (κ1) is 24.4. The lowest BCUT2D eigenvalue weighted by molar-refractivity contribution is -0.367. The maximum atomic E-state index is 12.4. The molecular weight excluding hydrogens is 484 g/mol. The summed E-state index contributed by atoms with van der Waals surface area (Å²) in [5.41, 5.74) is 3.45. The molecule has 6 rings (SSSR count). The zero-order valence-electron chi connectivity index (χ0n) is 19.7. The molecule has 5 heterocycles. The lowest BCUT2D eigenvalue weighted by Gasteiger charge is -2.50. The fourth-order valence-corrected chi connectivity index (χ4v) is 6.02. The number of aliphatic hydroxyl groups excluding tert-OH is 4. The van der Waals surface area contributed by atoms with Gasteiger partial charge in [-0.15, -0.1) is 6.58 Å². The Bertz CT molecular complexity index is 1310. The molecule has 10 atom stereocenters. The van der Waals surface area contributed by atoms with Crippen molar-refractivity contribution < 1.29 is 44.5 Å².